The summed E-state index contributed by atoms with van der Waals surface area (Å²) in [6.07, 6.45) is 10.1. The molecule has 0 aromatic carbocycles. The third kappa shape index (κ3) is 3.78. The van der Waals surface area contributed by atoms with Crippen LogP contribution in [0.5, 0.6) is 0 Å². The molecule has 4 aliphatic rings. The lowest BCUT2D eigenvalue weighted by Crippen LogP contribution is -2.58. The van der Waals surface area contributed by atoms with E-state index in [1.807, 2.05) is 6.08 Å². The average molecular weight is 447 g/mol. The summed E-state index contributed by atoms with van der Waals surface area (Å²) in [5.74, 6) is 1.63. The van der Waals surface area contributed by atoms with E-state index in [0.717, 1.165) is 30.8 Å². The van der Waals surface area contributed by atoms with Crippen molar-refractivity contribution in [3.8, 4) is 0 Å². The number of hydrogen-bond acceptors (Lipinski definition) is 3. The zero-order valence-electron chi connectivity index (χ0n) is 20.9. The summed E-state index contributed by atoms with van der Waals surface area (Å²) in [6, 6.07) is 0. The summed E-state index contributed by atoms with van der Waals surface area (Å²) in [5, 5.41) is 31.8. The molecular weight excluding hydrogens is 400 g/mol. The first-order chi connectivity index (χ1) is 15.0. The van der Waals surface area contributed by atoms with Crippen LogP contribution in [0.1, 0.15) is 92.4 Å². The van der Waals surface area contributed by atoms with Gasteiger partial charge in [0.15, 0.2) is 0 Å². The van der Waals surface area contributed by atoms with E-state index in [1.165, 1.54) is 25.7 Å². The summed E-state index contributed by atoms with van der Waals surface area (Å²) in [4.78, 5) is 12.3. The van der Waals surface area contributed by atoms with Crippen LogP contribution in [0.25, 0.3) is 0 Å². The maximum atomic E-state index is 12.3. The molecule has 4 heteroatoms. The van der Waals surface area contributed by atoms with E-state index in [9.17, 15) is 20.1 Å². The van der Waals surface area contributed by atoms with Crippen LogP contribution in [0, 0.1) is 52.3 Å². The Bertz CT molecular complexity index is 744. The van der Waals surface area contributed by atoms with Crippen molar-refractivity contribution in [3.05, 3.63) is 11.6 Å². The van der Waals surface area contributed by atoms with E-state index in [1.54, 1.807) is 0 Å². The molecule has 4 nitrogen and oxygen atoms in total. The quantitative estimate of drug-likeness (QED) is 0.459. The van der Waals surface area contributed by atoms with Crippen molar-refractivity contribution in [3.63, 3.8) is 0 Å². The van der Waals surface area contributed by atoms with Crippen molar-refractivity contribution < 1.29 is 20.1 Å². The first-order valence-corrected chi connectivity index (χ1v) is 13.3. The van der Waals surface area contributed by atoms with Gasteiger partial charge in [0.05, 0.1) is 18.1 Å². The van der Waals surface area contributed by atoms with Gasteiger partial charge in [0.1, 0.15) is 0 Å². The van der Waals surface area contributed by atoms with Crippen LogP contribution in [-0.2, 0) is 4.79 Å². The molecule has 4 rings (SSSR count). The largest absolute Gasteiger partial charge is 0.481 e. The van der Waals surface area contributed by atoms with Gasteiger partial charge in [-0.2, -0.15) is 0 Å². The SMILES string of the molecule is CC(C)CCC[C@@H](C)[C@H]1CC[C@H]2[C@@H]3[C@H](O)C=C4C[C@@H](O)CC(C(=O)O)[C@]4(C)[C@H]3CC[C@]12C. The van der Waals surface area contributed by atoms with Crippen molar-refractivity contribution in [2.75, 3.05) is 0 Å². The van der Waals surface area contributed by atoms with Gasteiger partial charge in [0, 0.05) is 5.41 Å². The van der Waals surface area contributed by atoms with Crippen molar-refractivity contribution in [1.29, 1.82) is 0 Å². The van der Waals surface area contributed by atoms with Crippen molar-refractivity contribution in [2.24, 2.45) is 52.3 Å². The highest BCUT2D eigenvalue weighted by Gasteiger charge is 2.63. The number of rotatable bonds is 6. The number of aliphatic carboxylic acids is 1. The van der Waals surface area contributed by atoms with Crippen LogP contribution in [0.3, 0.4) is 0 Å². The second kappa shape index (κ2) is 8.73. The molecular formula is C28H46O4. The number of carboxylic acid groups (broad SMARTS) is 1. The van der Waals surface area contributed by atoms with Crippen LogP contribution in [0.15, 0.2) is 11.6 Å². The van der Waals surface area contributed by atoms with Crippen LogP contribution >= 0.6 is 0 Å². The Hall–Kier alpha value is -0.870. The molecule has 0 amide bonds. The molecule has 0 heterocycles. The lowest BCUT2D eigenvalue weighted by Gasteiger charge is -2.60. The second-order valence-corrected chi connectivity index (χ2v) is 12.8. The topological polar surface area (TPSA) is 77.8 Å². The Morgan fingerprint density at radius 2 is 1.81 bits per heavy atom. The standard InChI is InChI=1S/C28H46O4/c1-16(2)7-6-8-17(3)20-9-10-21-25-22(11-12-27(20,21)4)28(5)18(14-24(25)30)13-19(29)15-23(28)26(31)32/h14,16-17,19-25,29-30H,6-13,15H2,1-5H3,(H,31,32)/t17-,19-,20-,21+,22+,23?,24-,25+,27-,28+/m1/s1. The average Bonchev–Trinajstić information content (AvgIpc) is 3.05. The van der Waals surface area contributed by atoms with Gasteiger partial charge in [-0.25, -0.2) is 0 Å². The second-order valence-electron chi connectivity index (χ2n) is 12.8. The summed E-state index contributed by atoms with van der Waals surface area (Å²) >= 11 is 0. The Balaban J connectivity index is 1.60. The predicted octanol–water partition coefficient (Wildman–Crippen LogP) is 5.67. The van der Waals surface area contributed by atoms with Crippen LogP contribution in [0.4, 0.5) is 0 Å². The number of hydrogen-bond donors (Lipinski definition) is 3. The maximum Gasteiger partial charge on any atom is 0.307 e. The Kier molecular flexibility index (Phi) is 6.62. The molecule has 0 aromatic heterocycles. The van der Waals surface area contributed by atoms with E-state index in [-0.39, 0.29) is 17.3 Å². The molecule has 0 aliphatic heterocycles. The molecule has 0 radical (unpaired) electrons. The molecule has 3 fully saturated rings. The van der Waals surface area contributed by atoms with Crippen LogP contribution in [0.2, 0.25) is 0 Å². The molecule has 182 valence electrons. The number of carboxylic acids is 1. The van der Waals surface area contributed by atoms with E-state index in [4.69, 9.17) is 0 Å². The van der Waals surface area contributed by atoms with Gasteiger partial charge in [0.2, 0.25) is 0 Å². The number of fused-ring (bicyclic) bond motifs is 5. The minimum atomic E-state index is -0.788. The van der Waals surface area contributed by atoms with Gasteiger partial charge in [-0.3, -0.25) is 4.79 Å². The molecule has 10 atom stereocenters. The van der Waals surface area contributed by atoms with Gasteiger partial charge in [0.25, 0.3) is 0 Å². The highest BCUT2D eigenvalue weighted by Crippen LogP contribution is 2.68. The van der Waals surface area contributed by atoms with Crippen molar-refractivity contribution in [1.82, 2.24) is 0 Å². The number of aliphatic hydroxyl groups excluding tert-OH is 2. The molecule has 3 saturated carbocycles. The molecule has 0 spiro atoms. The highest BCUT2D eigenvalue weighted by atomic mass is 16.4. The number of aliphatic hydroxyl groups is 2. The molecule has 3 N–H and O–H groups in total. The van der Waals surface area contributed by atoms with Crippen LogP contribution < -0.4 is 0 Å². The number of carbonyl (C=O) groups is 1. The molecule has 1 unspecified atom stereocenters. The Labute approximate surface area is 194 Å². The highest BCUT2D eigenvalue weighted by molar-refractivity contribution is 5.72. The molecule has 0 saturated heterocycles. The van der Waals surface area contributed by atoms with Gasteiger partial charge >= 0.3 is 5.97 Å². The predicted molar refractivity (Wildman–Crippen MR) is 127 cm³/mol. The van der Waals surface area contributed by atoms with E-state index >= 15 is 0 Å². The molecule has 0 bridgehead atoms. The summed E-state index contributed by atoms with van der Waals surface area (Å²) < 4.78 is 0. The summed E-state index contributed by atoms with van der Waals surface area (Å²) in [6.45, 7) is 11.7. The summed E-state index contributed by atoms with van der Waals surface area (Å²) in [5.41, 5.74) is 0.795. The van der Waals surface area contributed by atoms with Gasteiger partial charge in [-0.05, 0) is 79.4 Å². The summed E-state index contributed by atoms with van der Waals surface area (Å²) in [7, 11) is 0. The lowest BCUT2D eigenvalue weighted by atomic mass is 9.44. The van der Waals surface area contributed by atoms with Crippen LogP contribution in [-0.4, -0.2) is 33.5 Å². The fourth-order valence-corrected chi connectivity index (χ4v) is 9.11. The fourth-order valence-electron chi connectivity index (χ4n) is 9.11. The van der Waals surface area contributed by atoms with E-state index in [2.05, 4.69) is 34.6 Å². The third-order valence-corrected chi connectivity index (χ3v) is 10.7. The fraction of sp³-hybridized carbons (Fsp3) is 0.893. The maximum absolute atomic E-state index is 12.3. The van der Waals surface area contributed by atoms with Crippen molar-refractivity contribution >= 4 is 5.97 Å². The van der Waals surface area contributed by atoms with Gasteiger partial charge in [-0.1, -0.05) is 65.5 Å². The van der Waals surface area contributed by atoms with Gasteiger partial charge < -0.3 is 15.3 Å². The minimum absolute atomic E-state index is 0.146. The normalized spacial score (nSPS) is 46.8. The zero-order valence-corrected chi connectivity index (χ0v) is 20.9. The molecule has 32 heavy (non-hydrogen) atoms. The zero-order chi connectivity index (χ0) is 23.4. The third-order valence-electron chi connectivity index (χ3n) is 10.7. The minimum Gasteiger partial charge on any atom is -0.481 e. The first kappa shape index (κ1) is 24.3. The monoisotopic (exact) mass is 446 g/mol. The Morgan fingerprint density at radius 3 is 2.47 bits per heavy atom. The smallest absolute Gasteiger partial charge is 0.307 e. The van der Waals surface area contributed by atoms with Crippen molar-refractivity contribution in [2.45, 2.75) is 105 Å². The molecule has 4 aliphatic carbocycles. The molecule has 0 aromatic rings. The van der Waals surface area contributed by atoms with E-state index in [0.29, 0.717) is 30.6 Å². The first-order valence-electron chi connectivity index (χ1n) is 13.3. The Morgan fingerprint density at radius 1 is 1.09 bits per heavy atom. The van der Waals surface area contributed by atoms with E-state index < -0.39 is 29.5 Å². The lowest BCUT2D eigenvalue weighted by molar-refractivity contribution is -0.159. The van der Waals surface area contributed by atoms with Gasteiger partial charge in [-0.15, -0.1) is 0 Å².